The van der Waals surface area contributed by atoms with Gasteiger partial charge in [0.25, 0.3) is 10.1 Å². The lowest BCUT2D eigenvalue weighted by Crippen LogP contribution is -2.31. The van der Waals surface area contributed by atoms with Crippen molar-refractivity contribution in [2.45, 2.75) is 40.0 Å². The first-order valence-corrected chi connectivity index (χ1v) is 17.1. The Balaban J connectivity index is 0.000000339. The standard InChI is InChI=1S/C27H21ClFN3O3.C7H10O3S.C2H6/c1-32-16-30-24-8-5-18(25-10-7-21(14-33)35-25)12-22(24)27(32)31-20-6-9-26(23(28)13-20)34-15-17-3-2-4-19(29)11-17;1-2-6-3-4-7(5-6)11(8,9)10;1-2/h2-14,16,27,31H,15H2,1H3;3-6H,2H2,1H3,(H,8,9,10);1-2H3. The van der Waals surface area contributed by atoms with Crippen LogP contribution in [-0.4, -0.2) is 37.5 Å². The zero-order chi connectivity index (χ0) is 34.8. The second-order valence-corrected chi connectivity index (χ2v) is 12.4. The van der Waals surface area contributed by atoms with E-state index in [4.69, 9.17) is 25.3 Å². The van der Waals surface area contributed by atoms with E-state index < -0.39 is 10.1 Å². The Morgan fingerprint density at radius 2 is 1.90 bits per heavy atom. The molecule has 6 rings (SSSR count). The molecule has 1 aromatic heterocycles. The molecule has 2 heterocycles. The van der Waals surface area contributed by atoms with E-state index in [1.807, 2.05) is 57.0 Å². The lowest BCUT2D eigenvalue weighted by atomic mass is 10.0. The van der Waals surface area contributed by atoms with Gasteiger partial charge in [-0.05, 0) is 84.6 Å². The summed E-state index contributed by atoms with van der Waals surface area (Å²) >= 11 is 6.48. The topological polar surface area (TPSA) is 121 Å². The number of benzene rings is 3. The van der Waals surface area contributed by atoms with Gasteiger partial charge in [-0.25, -0.2) is 9.38 Å². The molecular formula is C36H37ClFN3O6S. The molecule has 1 aliphatic heterocycles. The minimum absolute atomic E-state index is 0.0179. The quantitative estimate of drug-likeness (QED) is 0.131. The monoisotopic (exact) mass is 693 g/mol. The number of rotatable bonds is 9. The molecule has 0 radical (unpaired) electrons. The summed E-state index contributed by atoms with van der Waals surface area (Å²) in [5, 5.41) is 3.92. The molecule has 0 spiro atoms. The van der Waals surface area contributed by atoms with Gasteiger partial charge in [0, 0.05) is 23.9 Å². The summed E-state index contributed by atoms with van der Waals surface area (Å²) in [6, 6.07) is 20.9. The van der Waals surface area contributed by atoms with E-state index in [1.54, 1.807) is 54.9 Å². The van der Waals surface area contributed by atoms with E-state index in [1.165, 1.54) is 18.2 Å². The molecule has 0 fully saturated rings. The van der Waals surface area contributed by atoms with Gasteiger partial charge in [-0.3, -0.25) is 9.35 Å². The number of carbonyl (C=O) groups excluding carboxylic acids is 1. The van der Waals surface area contributed by atoms with Crippen molar-refractivity contribution in [1.82, 2.24) is 4.90 Å². The summed E-state index contributed by atoms with van der Waals surface area (Å²) in [6.45, 7) is 6.17. The van der Waals surface area contributed by atoms with Gasteiger partial charge in [0.2, 0.25) is 0 Å². The Kier molecular flexibility index (Phi) is 12.4. The predicted molar refractivity (Wildman–Crippen MR) is 188 cm³/mol. The van der Waals surface area contributed by atoms with E-state index in [2.05, 4.69) is 10.3 Å². The normalized spacial score (nSPS) is 16.1. The third-order valence-corrected chi connectivity index (χ3v) is 8.47. The van der Waals surface area contributed by atoms with Crippen molar-refractivity contribution < 1.29 is 31.3 Å². The fourth-order valence-corrected chi connectivity index (χ4v) is 5.69. The summed E-state index contributed by atoms with van der Waals surface area (Å²) in [7, 11) is -2.05. The van der Waals surface area contributed by atoms with Crippen LogP contribution in [0.2, 0.25) is 5.02 Å². The van der Waals surface area contributed by atoms with E-state index in [-0.39, 0.29) is 35.2 Å². The first-order chi connectivity index (χ1) is 23.0. The fraction of sp³-hybridized carbons (Fsp3) is 0.222. The minimum Gasteiger partial charge on any atom is -0.487 e. The lowest BCUT2D eigenvalue weighted by molar-refractivity contribution is 0.110. The smallest absolute Gasteiger partial charge is 0.294 e. The van der Waals surface area contributed by atoms with E-state index >= 15 is 0 Å². The van der Waals surface area contributed by atoms with Crippen LogP contribution >= 0.6 is 11.6 Å². The first-order valence-electron chi connectivity index (χ1n) is 15.3. The zero-order valence-corrected chi connectivity index (χ0v) is 28.5. The van der Waals surface area contributed by atoms with Crippen molar-refractivity contribution in [3.63, 3.8) is 0 Å². The van der Waals surface area contributed by atoms with Crippen molar-refractivity contribution in [3.05, 3.63) is 124 Å². The number of nitrogens with zero attached hydrogens (tertiary/aromatic N) is 2. The molecule has 0 saturated carbocycles. The predicted octanol–water partition coefficient (Wildman–Crippen LogP) is 9.23. The second-order valence-electron chi connectivity index (χ2n) is 10.6. The minimum atomic E-state index is -3.97. The summed E-state index contributed by atoms with van der Waals surface area (Å²) in [4.78, 5) is 17.5. The molecule has 2 N–H and O–H groups in total. The molecular weight excluding hydrogens is 657 g/mol. The maximum atomic E-state index is 13.4. The lowest BCUT2D eigenvalue weighted by Gasteiger charge is -2.32. The van der Waals surface area contributed by atoms with Crippen molar-refractivity contribution in [2.75, 3.05) is 12.4 Å². The highest BCUT2D eigenvalue weighted by Gasteiger charge is 2.24. The number of hydrogen-bond donors (Lipinski definition) is 2. The number of ether oxygens (including phenoxy) is 1. The molecule has 0 bridgehead atoms. The largest absolute Gasteiger partial charge is 0.487 e. The van der Waals surface area contributed by atoms with Crippen molar-refractivity contribution in [2.24, 2.45) is 10.9 Å². The SMILES string of the molecule is CC.CCC1C=CC(S(=O)(=O)O)=C1.CN1C=Nc2ccc(-c3ccc(C=O)o3)cc2C1Nc1ccc(OCc2cccc(F)c2)c(Cl)c1. The summed E-state index contributed by atoms with van der Waals surface area (Å²) in [5.74, 6) is 1.24. The Morgan fingerprint density at radius 3 is 2.52 bits per heavy atom. The molecule has 0 saturated heterocycles. The molecule has 3 aromatic carbocycles. The average molecular weight is 694 g/mol. The number of furan rings is 1. The van der Waals surface area contributed by atoms with E-state index in [0.717, 1.165) is 34.5 Å². The summed E-state index contributed by atoms with van der Waals surface area (Å²) in [6.07, 6.45) is 7.82. The van der Waals surface area contributed by atoms with Crippen LogP contribution < -0.4 is 10.1 Å². The molecule has 2 aliphatic rings. The van der Waals surface area contributed by atoms with E-state index in [0.29, 0.717) is 22.8 Å². The van der Waals surface area contributed by atoms with Crippen LogP contribution in [0.3, 0.4) is 0 Å². The third kappa shape index (κ3) is 9.21. The number of anilines is 1. The molecule has 2 atom stereocenters. The Morgan fingerprint density at radius 1 is 1.10 bits per heavy atom. The van der Waals surface area contributed by atoms with Crippen LogP contribution in [0.25, 0.3) is 11.3 Å². The Bertz CT molecular complexity index is 1940. The van der Waals surface area contributed by atoms with Crippen molar-refractivity contribution in [1.29, 1.82) is 0 Å². The summed E-state index contributed by atoms with van der Waals surface area (Å²) < 4.78 is 54.4. The fourth-order valence-electron chi connectivity index (χ4n) is 4.85. The number of halogens is 2. The molecule has 9 nitrogen and oxygen atoms in total. The maximum absolute atomic E-state index is 13.4. The number of aliphatic imine (C=N–C) groups is 1. The van der Waals surface area contributed by atoms with Crippen LogP contribution in [0.1, 0.15) is 55.0 Å². The highest BCUT2D eigenvalue weighted by Crippen LogP contribution is 2.38. The molecule has 2 unspecified atom stereocenters. The van der Waals surface area contributed by atoms with Crippen LogP contribution in [-0.2, 0) is 16.7 Å². The van der Waals surface area contributed by atoms with Crippen LogP contribution in [0.4, 0.5) is 15.8 Å². The van der Waals surface area contributed by atoms with Gasteiger partial charge in [-0.2, -0.15) is 8.42 Å². The molecule has 1 aliphatic carbocycles. The highest BCUT2D eigenvalue weighted by atomic mass is 35.5. The van der Waals surface area contributed by atoms with Gasteiger partial charge >= 0.3 is 0 Å². The van der Waals surface area contributed by atoms with Crippen LogP contribution in [0, 0.1) is 11.7 Å². The average Bonchev–Trinajstić information content (AvgIpc) is 3.78. The highest BCUT2D eigenvalue weighted by molar-refractivity contribution is 7.90. The number of carbonyl (C=O) groups is 1. The van der Waals surface area contributed by atoms with Crippen LogP contribution in [0.5, 0.6) is 5.75 Å². The van der Waals surface area contributed by atoms with Gasteiger partial charge in [0.05, 0.1) is 22.0 Å². The Hall–Kier alpha value is -4.71. The molecule has 12 heteroatoms. The van der Waals surface area contributed by atoms with Gasteiger partial charge in [-0.15, -0.1) is 0 Å². The number of fused-ring (bicyclic) bond motifs is 1. The molecule has 0 amide bonds. The van der Waals surface area contributed by atoms with Gasteiger partial charge in [0.15, 0.2) is 12.0 Å². The van der Waals surface area contributed by atoms with Gasteiger partial charge < -0.3 is 19.4 Å². The first kappa shape index (κ1) is 36.1. The number of nitrogens with one attached hydrogen (secondary N) is 1. The molecule has 48 heavy (non-hydrogen) atoms. The maximum Gasteiger partial charge on any atom is 0.294 e. The van der Waals surface area contributed by atoms with Crippen molar-refractivity contribution in [3.8, 4) is 17.1 Å². The zero-order valence-electron chi connectivity index (χ0n) is 26.9. The van der Waals surface area contributed by atoms with E-state index in [9.17, 15) is 17.6 Å². The number of aldehydes is 1. The molecule has 252 valence electrons. The Labute approximate surface area is 285 Å². The number of allylic oxidation sites excluding steroid dienone is 3. The summed E-state index contributed by atoms with van der Waals surface area (Å²) in [5.41, 5.74) is 4.12. The molecule has 4 aromatic rings. The third-order valence-electron chi connectivity index (χ3n) is 7.31. The van der Waals surface area contributed by atoms with Gasteiger partial charge in [-0.1, -0.05) is 56.7 Å². The second kappa shape index (κ2) is 16.4. The number of hydrogen-bond acceptors (Lipinski definition) is 8. The van der Waals surface area contributed by atoms with Crippen molar-refractivity contribution >= 4 is 45.7 Å². The van der Waals surface area contributed by atoms with Crippen LogP contribution in [0.15, 0.2) is 105 Å². The van der Waals surface area contributed by atoms with Gasteiger partial charge in [0.1, 0.15) is 30.1 Å².